The molecule has 1 unspecified atom stereocenters. The number of aryl methyl sites for hydroxylation is 1. The van der Waals surface area contributed by atoms with Gasteiger partial charge < -0.3 is 15.6 Å². The van der Waals surface area contributed by atoms with E-state index >= 15 is 0 Å². The minimum atomic E-state index is -0.109. The van der Waals surface area contributed by atoms with Crippen molar-refractivity contribution in [3.05, 3.63) is 16.0 Å². The number of aldehydes is 1. The zero-order valence-corrected chi connectivity index (χ0v) is 9.88. The molecule has 1 aliphatic rings. The lowest BCUT2D eigenvalue weighted by atomic mass is 9.86. The number of hydrogen-bond donors (Lipinski definition) is 2. The van der Waals surface area contributed by atoms with Gasteiger partial charge in [0.1, 0.15) is 17.4 Å². The number of nitrogens with two attached hydrogens (primary N) is 1. The molecule has 1 heterocycles. The number of nitrogens with zero attached hydrogens (tertiary/aromatic N) is 1. The van der Waals surface area contributed by atoms with Crippen molar-refractivity contribution in [1.29, 1.82) is 5.26 Å². The van der Waals surface area contributed by atoms with Crippen molar-refractivity contribution in [2.75, 3.05) is 12.8 Å². The Morgan fingerprint density at radius 1 is 1.62 bits per heavy atom. The Morgan fingerprint density at radius 3 is 2.88 bits per heavy atom. The molecule has 16 heavy (non-hydrogen) atoms. The fraction of sp³-hybridized carbons (Fsp3) is 0.455. The minimum absolute atomic E-state index is 0.109. The van der Waals surface area contributed by atoms with Crippen LogP contribution in [0.1, 0.15) is 34.8 Å². The Bertz CT molecular complexity index is 420. The highest BCUT2D eigenvalue weighted by molar-refractivity contribution is 7.16. The van der Waals surface area contributed by atoms with E-state index in [1.807, 2.05) is 0 Å². The van der Waals surface area contributed by atoms with Gasteiger partial charge in [-0.3, -0.25) is 0 Å². The van der Waals surface area contributed by atoms with Crippen LogP contribution in [-0.2, 0) is 11.2 Å². The molecule has 0 bridgehead atoms. The van der Waals surface area contributed by atoms with Crippen molar-refractivity contribution in [2.45, 2.75) is 25.2 Å². The van der Waals surface area contributed by atoms with Crippen LogP contribution in [-0.4, -0.2) is 18.5 Å². The summed E-state index contributed by atoms with van der Waals surface area (Å²) in [6.07, 6.45) is 3.75. The zero-order valence-electron chi connectivity index (χ0n) is 9.06. The summed E-state index contributed by atoms with van der Waals surface area (Å²) in [6.45, 7) is 0. The number of rotatable bonds is 1. The van der Waals surface area contributed by atoms with Crippen LogP contribution in [0.15, 0.2) is 0 Å². The first kappa shape index (κ1) is 12.7. The molecular weight excluding hydrogens is 224 g/mol. The topological polar surface area (TPSA) is 87.1 Å². The van der Waals surface area contributed by atoms with Gasteiger partial charge in [-0.2, -0.15) is 5.26 Å². The third-order valence-electron chi connectivity index (χ3n) is 2.62. The summed E-state index contributed by atoms with van der Waals surface area (Å²) in [5, 5.41) is 16.5. The number of anilines is 1. The third kappa shape index (κ3) is 2.08. The second-order valence-electron chi connectivity index (χ2n) is 3.42. The van der Waals surface area contributed by atoms with E-state index in [2.05, 4.69) is 6.07 Å². The minimum Gasteiger partial charge on any atom is -0.400 e. The fourth-order valence-corrected chi connectivity index (χ4v) is 3.10. The summed E-state index contributed by atoms with van der Waals surface area (Å²) in [7, 11) is 1.00. The second-order valence-corrected chi connectivity index (χ2v) is 4.56. The molecule has 0 saturated carbocycles. The molecule has 1 aromatic heterocycles. The van der Waals surface area contributed by atoms with Gasteiger partial charge in [-0.05, 0) is 24.8 Å². The molecular formula is C11H14N2O2S. The molecule has 1 atom stereocenters. The van der Waals surface area contributed by atoms with Crippen molar-refractivity contribution < 1.29 is 9.90 Å². The Balaban J connectivity index is 0.000000606. The summed E-state index contributed by atoms with van der Waals surface area (Å²) < 4.78 is 0. The first-order valence-corrected chi connectivity index (χ1v) is 5.80. The monoisotopic (exact) mass is 238 g/mol. The predicted molar refractivity (Wildman–Crippen MR) is 63.3 cm³/mol. The van der Waals surface area contributed by atoms with Crippen molar-refractivity contribution in [3.63, 3.8) is 0 Å². The summed E-state index contributed by atoms with van der Waals surface area (Å²) >= 11 is 1.46. The van der Waals surface area contributed by atoms with Crippen LogP contribution in [0.3, 0.4) is 0 Å². The highest BCUT2D eigenvalue weighted by Crippen LogP contribution is 2.40. The molecule has 0 fully saturated rings. The lowest BCUT2D eigenvalue weighted by Gasteiger charge is -2.17. The van der Waals surface area contributed by atoms with Crippen molar-refractivity contribution in [1.82, 2.24) is 0 Å². The molecule has 0 saturated heterocycles. The number of aliphatic hydroxyl groups excluding tert-OH is 1. The van der Waals surface area contributed by atoms with E-state index in [1.165, 1.54) is 11.3 Å². The van der Waals surface area contributed by atoms with Gasteiger partial charge in [-0.1, -0.05) is 0 Å². The van der Waals surface area contributed by atoms with E-state index in [4.69, 9.17) is 16.1 Å². The molecule has 1 aromatic rings. The molecule has 3 N–H and O–H groups in total. The number of aliphatic hydroxyl groups is 1. The van der Waals surface area contributed by atoms with E-state index in [1.54, 1.807) is 0 Å². The average molecular weight is 238 g/mol. The SMILES string of the molecule is CO.N#Cc1c(N)sc2c1C(C=O)CCC2. The van der Waals surface area contributed by atoms with Crippen LogP contribution in [0.4, 0.5) is 5.00 Å². The Labute approximate surface area is 98.3 Å². The average Bonchev–Trinajstić information content (AvgIpc) is 2.66. The van der Waals surface area contributed by atoms with Crippen LogP contribution in [0.5, 0.6) is 0 Å². The molecule has 1 aliphatic carbocycles. The van der Waals surface area contributed by atoms with E-state index in [0.717, 1.165) is 43.1 Å². The zero-order chi connectivity index (χ0) is 12.1. The van der Waals surface area contributed by atoms with E-state index in [-0.39, 0.29) is 5.92 Å². The number of nitriles is 1. The maximum Gasteiger partial charge on any atom is 0.127 e. The maximum atomic E-state index is 10.9. The van der Waals surface area contributed by atoms with Crippen molar-refractivity contribution in [2.24, 2.45) is 0 Å². The van der Waals surface area contributed by atoms with Gasteiger partial charge in [0, 0.05) is 17.9 Å². The number of nitrogen functional groups attached to an aromatic ring is 1. The van der Waals surface area contributed by atoms with Gasteiger partial charge in [-0.15, -0.1) is 11.3 Å². The number of carbonyl (C=O) groups is 1. The van der Waals surface area contributed by atoms with Crippen LogP contribution >= 0.6 is 11.3 Å². The smallest absolute Gasteiger partial charge is 0.127 e. The highest BCUT2D eigenvalue weighted by Gasteiger charge is 2.26. The van der Waals surface area contributed by atoms with Crippen LogP contribution in [0.25, 0.3) is 0 Å². The summed E-state index contributed by atoms with van der Waals surface area (Å²) in [5.74, 6) is -0.109. The number of thiophene rings is 1. The van der Waals surface area contributed by atoms with Crippen LogP contribution in [0.2, 0.25) is 0 Å². The molecule has 4 nitrogen and oxygen atoms in total. The first-order chi connectivity index (χ1) is 7.77. The quantitative estimate of drug-likeness (QED) is 0.724. The van der Waals surface area contributed by atoms with Crippen molar-refractivity contribution in [3.8, 4) is 6.07 Å². The summed E-state index contributed by atoms with van der Waals surface area (Å²) in [5.41, 5.74) is 7.16. The van der Waals surface area contributed by atoms with E-state index < -0.39 is 0 Å². The summed E-state index contributed by atoms with van der Waals surface area (Å²) in [6, 6.07) is 2.09. The first-order valence-electron chi connectivity index (χ1n) is 4.99. The molecule has 0 aromatic carbocycles. The molecule has 2 rings (SSSR count). The van der Waals surface area contributed by atoms with Gasteiger partial charge in [0.05, 0.1) is 5.56 Å². The van der Waals surface area contributed by atoms with Crippen molar-refractivity contribution >= 4 is 22.6 Å². The maximum absolute atomic E-state index is 10.9. The lowest BCUT2D eigenvalue weighted by Crippen LogP contribution is -2.09. The van der Waals surface area contributed by atoms with Gasteiger partial charge >= 0.3 is 0 Å². The lowest BCUT2D eigenvalue weighted by molar-refractivity contribution is -0.109. The van der Waals surface area contributed by atoms with E-state index in [9.17, 15) is 4.79 Å². The fourth-order valence-electron chi connectivity index (χ4n) is 1.97. The number of fused-ring (bicyclic) bond motifs is 1. The normalized spacial score (nSPS) is 17.7. The van der Waals surface area contributed by atoms with Gasteiger partial charge in [-0.25, -0.2) is 0 Å². The third-order valence-corrected chi connectivity index (χ3v) is 3.71. The van der Waals surface area contributed by atoms with Crippen LogP contribution in [0, 0.1) is 11.3 Å². The highest BCUT2D eigenvalue weighted by atomic mass is 32.1. The molecule has 86 valence electrons. The molecule has 0 aliphatic heterocycles. The van der Waals surface area contributed by atoms with Gasteiger partial charge in [0.2, 0.25) is 0 Å². The van der Waals surface area contributed by atoms with Gasteiger partial charge in [0.15, 0.2) is 0 Å². The molecule has 0 spiro atoms. The Kier molecular flexibility index (Phi) is 4.47. The van der Waals surface area contributed by atoms with Crippen LogP contribution < -0.4 is 5.73 Å². The Morgan fingerprint density at radius 2 is 2.31 bits per heavy atom. The predicted octanol–water partition coefficient (Wildman–Crippen LogP) is 1.43. The van der Waals surface area contributed by atoms with E-state index in [0.29, 0.717) is 10.6 Å². The van der Waals surface area contributed by atoms with Gasteiger partial charge in [0.25, 0.3) is 0 Å². The number of hydrogen-bond acceptors (Lipinski definition) is 5. The number of carbonyl (C=O) groups excluding carboxylic acids is 1. The standard InChI is InChI=1S/C10H10N2OS.CH4O/c11-4-7-9-6(5-13)2-1-3-8(9)14-10(7)12;1-2/h5-6H,1-3,12H2;2H,1H3. The summed E-state index contributed by atoms with van der Waals surface area (Å²) in [4.78, 5) is 12.0. The Hall–Kier alpha value is -1.38. The largest absolute Gasteiger partial charge is 0.400 e. The second kappa shape index (κ2) is 5.64. The molecule has 0 amide bonds. The molecule has 0 radical (unpaired) electrons. The molecule has 5 heteroatoms.